The monoisotopic (exact) mass is 350 g/mol. The van der Waals surface area contributed by atoms with Crippen molar-refractivity contribution < 1.29 is 17.6 Å². The zero-order valence-corrected chi connectivity index (χ0v) is 14.2. The fraction of sp³-hybridized carbons (Fsp3) is 0.500. The van der Waals surface area contributed by atoms with Crippen molar-refractivity contribution in [2.45, 2.75) is 19.8 Å². The number of carbonyl (C=O) groups is 1. The minimum atomic E-state index is -3.33. The van der Waals surface area contributed by atoms with Crippen molar-refractivity contribution >= 4 is 27.5 Å². The molecule has 1 aromatic rings. The van der Waals surface area contributed by atoms with E-state index in [9.17, 15) is 17.6 Å². The van der Waals surface area contributed by atoms with Crippen LogP contribution in [0, 0.1) is 5.82 Å². The van der Waals surface area contributed by atoms with Gasteiger partial charge in [-0.3, -0.25) is 4.79 Å². The third kappa shape index (κ3) is 5.55. The van der Waals surface area contributed by atoms with Crippen molar-refractivity contribution in [2.75, 3.05) is 25.9 Å². The molecule has 1 amide bonds. The van der Waals surface area contributed by atoms with E-state index in [1.54, 1.807) is 0 Å². The minimum absolute atomic E-state index is 0.0171. The number of halogens is 2. The highest BCUT2D eigenvalue weighted by Crippen LogP contribution is 2.18. The van der Waals surface area contributed by atoms with E-state index in [0.717, 1.165) is 25.2 Å². The number of sulfonamides is 1. The Morgan fingerprint density at radius 3 is 2.59 bits per heavy atom. The SMILES string of the molecule is CCCCN(CCNC(=O)c1c(F)cccc1Cl)S(C)(=O)=O. The van der Waals surface area contributed by atoms with E-state index in [1.165, 1.54) is 16.4 Å². The van der Waals surface area contributed by atoms with Gasteiger partial charge < -0.3 is 5.32 Å². The molecule has 8 heteroatoms. The lowest BCUT2D eigenvalue weighted by molar-refractivity contribution is 0.0947. The molecule has 1 rings (SSSR count). The van der Waals surface area contributed by atoms with E-state index in [2.05, 4.69) is 5.32 Å². The standard InChI is InChI=1S/C14H20ClFN2O3S/c1-3-4-9-18(22(2,20)21)10-8-17-14(19)13-11(15)6-5-7-12(13)16/h5-7H,3-4,8-10H2,1-2H3,(H,17,19). The van der Waals surface area contributed by atoms with E-state index < -0.39 is 21.7 Å². The number of nitrogens with one attached hydrogen (secondary N) is 1. The number of amides is 1. The molecule has 0 radical (unpaired) electrons. The molecule has 0 aliphatic heterocycles. The largest absolute Gasteiger partial charge is 0.351 e. The Hall–Kier alpha value is -1.18. The number of unbranched alkanes of at least 4 members (excludes halogenated alkanes) is 1. The average molecular weight is 351 g/mol. The van der Waals surface area contributed by atoms with Crippen LogP contribution in [0.3, 0.4) is 0 Å². The van der Waals surface area contributed by atoms with Gasteiger partial charge >= 0.3 is 0 Å². The lowest BCUT2D eigenvalue weighted by Crippen LogP contribution is -2.38. The van der Waals surface area contributed by atoms with Crippen LogP contribution >= 0.6 is 11.6 Å². The smallest absolute Gasteiger partial charge is 0.255 e. The van der Waals surface area contributed by atoms with Crippen molar-refractivity contribution in [1.82, 2.24) is 9.62 Å². The lowest BCUT2D eigenvalue weighted by Gasteiger charge is -2.19. The molecular formula is C14H20ClFN2O3S. The van der Waals surface area contributed by atoms with Gasteiger partial charge in [-0.1, -0.05) is 31.0 Å². The second-order valence-corrected chi connectivity index (χ2v) is 7.26. The summed E-state index contributed by atoms with van der Waals surface area (Å²) in [6.45, 7) is 2.57. The Labute approximate surface area is 135 Å². The molecule has 0 atom stereocenters. The van der Waals surface area contributed by atoms with Crippen molar-refractivity contribution in [3.8, 4) is 0 Å². The van der Waals surface area contributed by atoms with E-state index in [0.29, 0.717) is 6.54 Å². The summed E-state index contributed by atoms with van der Waals surface area (Å²) in [5.41, 5.74) is -0.233. The van der Waals surface area contributed by atoms with Crippen LogP contribution in [-0.4, -0.2) is 44.5 Å². The Bertz CT molecular complexity index is 602. The molecule has 124 valence electrons. The number of carbonyl (C=O) groups excluding carboxylic acids is 1. The highest BCUT2D eigenvalue weighted by Gasteiger charge is 2.18. The Balaban J connectivity index is 2.63. The van der Waals surface area contributed by atoms with Gasteiger partial charge in [-0.25, -0.2) is 17.1 Å². The molecule has 1 N–H and O–H groups in total. The van der Waals surface area contributed by atoms with Gasteiger partial charge in [-0.05, 0) is 18.6 Å². The van der Waals surface area contributed by atoms with E-state index in [4.69, 9.17) is 11.6 Å². The first-order valence-electron chi connectivity index (χ1n) is 6.94. The summed E-state index contributed by atoms with van der Waals surface area (Å²) in [5, 5.41) is 2.51. The fourth-order valence-electron chi connectivity index (χ4n) is 1.88. The molecule has 0 spiro atoms. The molecule has 0 bridgehead atoms. The summed E-state index contributed by atoms with van der Waals surface area (Å²) < 4.78 is 38.1. The summed E-state index contributed by atoms with van der Waals surface area (Å²) in [5.74, 6) is -1.37. The fourth-order valence-corrected chi connectivity index (χ4v) is 3.01. The maximum atomic E-state index is 13.6. The summed E-state index contributed by atoms with van der Waals surface area (Å²) in [7, 11) is -3.33. The van der Waals surface area contributed by atoms with E-state index in [-0.39, 0.29) is 23.7 Å². The van der Waals surface area contributed by atoms with Crippen LogP contribution in [0.15, 0.2) is 18.2 Å². The maximum Gasteiger partial charge on any atom is 0.255 e. The number of nitrogens with zero attached hydrogens (tertiary/aromatic N) is 1. The average Bonchev–Trinajstić information content (AvgIpc) is 2.41. The topological polar surface area (TPSA) is 66.5 Å². The van der Waals surface area contributed by atoms with Crippen LogP contribution in [0.5, 0.6) is 0 Å². The van der Waals surface area contributed by atoms with Crippen LogP contribution in [-0.2, 0) is 10.0 Å². The van der Waals surface area contributed by atoms with Crippen molar-refractivity contribution in [1.29, 1.82) is 0 Å². The van der Waals surface area contributed by atoms with Gasteiger partial charge in [0.25, 0.3) is 5.91 Å². The summed E-state index contributed by atoms with van der Waals surface area (Å²) in [4.78, 5) is 11.9. The van der Waals surface area contributed by atoms with Crippen LogP contribution in [0.1, 0.15) is 30.1 Å². The second kappa shape index (κ2) is 8.45. The van der Waals surface area contributed by atoms with Crippen LogP contribution in [0.2, 0.25) is 5.02 Å². The molecule has 22 heavy (non-hydrogen) atoms. The lowest BCUT2D eigenvalue weighted by atomic mass is 10.2. The zero-order chi connectivity index (χ0) is 16.8. The Morgan fingerprint density at radius 2 is 2.05 bits per heavy atom. The minimum Gasteiger partial charge on any atom is -0.351 e. The molecule has 0 fully saturated rings. The molecule has 0 aromatic heterocycles. The first-order valence-corrected chi connectivity index (χ1v) is 9.17. The quantitative estimate of drug-likeness (QED) is 0.782. The highest BCUT2D eigenvalue weighted by atomic mass is 35.5. The summed E-state index contributed by atoms with van der Waals surface area (Å²) in [6, 6.07) is 3.97. The van der Waals surface area contributed by atoms with Crippen LogP contribution in [0.4, 0.5) is 4.39 Å². The first kappa shape index (κ1) is 18.9. The maximum absolute atomic E-state index is 13.6. The molecule has 0 saturated carbocycles. The predicted octanol–water partition coefficient (Wildman–Crippen LogP) is 2.27. The van der Waals surface area contributed by atoms with Gasteiger partial charge in [0.15, 0.2) is 0 Å². The molecule has 5 nitrogen and oxygen atoms in total. The van der Waals surface area contributed by atoms with Gasteiger partial charge in [0.1, 0.15) is 5.82 Å². The van der Waals surface area contributed by atoms with Gasteiger partial charge in [0.2, 0.25) is 10.0 Å². The number of benzene rings is 1. The highest BCUT2D eigenvalue weighted by molar-refractivity contribution is 7.88. The van der Waals surface area contributed by atoms with Crippen LogP contribution < -0.4 is 5.32 Å². The molecule has 0 heterocycles. The molecular weight excluding hydrogens is 331 g/mol. The third-order valence-electron chi connectivity index (χ3n) is 3.07. The van der Waals surface area contributed by atoms with E-state index >= 15 is 0 Å². The molecule has 0 saturated heterocycles. The third-order valence-corrected chi connectivity index (χ3v) is 4.68. The van der Waals surface area contributed by atoms with Gasteiger partial charge in [-0.2, -0.15) is 0 Å². The summed E-state index contributed by atoms with van der Waals surface area (Å²) >= 11 is 5.80. The van der Waals surface area contributed by atoms with Gasteiger partial charge in [-0.15, -0.1) is 0 Å². The number of hydrogen-bond donors (Lipinski definition) is 1. The first-order chi connectivity index (χ1) is 10.3. The second-order valence-electron chi connectivity index (χ2n) is 4.87. The van der Waals surface area contributed by atoms with Crippen molar-refractivity contribution in [3.63, 3.8) is 0 Å². The molecule has 0 unspecified atom stereocenters. The molecule has 1 aromatic carbocycles. The van der Waals surface area contributed by atoms with Gasteiger partial charge in [0.05, 0.1) is 16.8 Å². The van der Waals surface area contributed by atoms with Crippen molar-refractivity contribution in [2.24, 2.45) is 0 Å². The predicted molar refractivity (Wildman–Crippen MR) is 85.1 cm³/mol. The number of rotatable bonds is 8. The number of hydrogen-bond acceptors (Lipinski definition) is 3. The Kier molecular flexibility index (Phi) is 7.25. The normalized spacial score (nSPS) is 11.7. The molecule has 0 aliphatic carbocycles. The van der Waals surface area contributed by atoms with E-state index in [1.807, 2.05) is 6.92 Å². The molecule has 0 aliphatic rings. The zero-order valence-electron chi connectivity index (χ0n) is 12.6. The van der Waals surface area contributed by atoms with Gasteiger partial charge in [0, 0.05) is 19.6 Å². The van der Waals surface area contributed by atoms with Crippen molar-refractivity contribution in [3.05, 3.63) is 34.6 Å². The van der Waals surface area contributed by atoms with Crippen LogP contribution in [0.25, 0.3) is 0 Å². The Morgan fingerprint density at radius 1 is 1.36 bits per heavy atom. The summed E-state index contributed by atoms with van der Waals surface area (Å²) in [6.07, 6.45) is 2.72.